The molecule has 4 aliphatic carbocycles. The van der Waals surface area contributed by atoms with Gasteiger partial charge in [-0.1, -0.05) is 72.1 Å². The summed E-state index contributed by atoms with van der Waals surface area (Å²) in [7, 11) is 1.95. The van der Waals surface area contributed by atoms with Crippen molar-refractivity contribution in [2.45, 2.75) is 149 Å². The van der Waals surface area contributed by atoms with Crippen LogP contribution in [0.3, 0.4) is 0 Å². The second-order valence-corrected chi connectivity index (χ2v) is 14.6. The standard InChI is InChI=1S/C34H59NO3/c1-5-6-22-35(4)31(38)15-13-11-9-7-8-10-12-14-25-23-26-24-27(36)18-20-33(26,2)29-19-21-34(3)28(32(25)29)16-17-30(34)37/h25-26,28-30,32,37H,5-24H2,1-4H3/t25-,26+,28+,29+,30+,32+,33+,34+/m1/s1. The summed E-state index contributed by atoms with van der Waals surface area (Å²) in [6.07, 6.45) is 21.5. The molecule has 0 aromatic heterocycles. The lowest BCUT2D eigenvalue weighted by Gasteiger charge is -2.62. The van der Waals surface area contributed by atoms with Gasteiger partial charge in [-0.2, -0.15) is 0 Å². The van der Waals surface area contributed by atoms with Gasteiger partial charge in [-0.25, -0.2) is 0 Å². The van der Waals surface area contributed by atoms with Crippen molar-refractivity contribution >= 4 is 11.7 Å². The number of aliphatic hydroxyl groups excluding tert-OH is 1. The minimum Gasteiger partial charge on any atom is -0.393 e. The first kappa shape index (κ1) is 30.1. The maximum absolute atomic E-state index is 12.5. The van der Waals surface area contributed by atoms with Gasteiger partial charge >= 0.3 is 0 Å². The summed E-state index contributed by atoms with van der Waals surface area (Å²) in [6, 6.07) is 0. The molecule has 4 fully saturated rings. The summed E-state index contributed by atoms with van der Waals surface area (Å²) in [6.45, 7) is 8.01. The number of carbonyl (C=O) groups excluding carboxylic acids is 2. The zero-order valence-electron chi connectivity index (χ0n) is 25.3. The SMILES string of the molecule is CCCCN(C)C(=O)CCCCCCCCC[C@@H]1C[C@H]2CC(=O)CC[C@]2(C)[C@H]2CC[C@]3(C)[C@@H](O)CC[C@H]3[C@H]12. The van der Waals surface area contributed by atoms with Crippen LogP contribution in [-0.4, -0.2) is 41.4 Å². The molecule has 38 heavy (non-hydrogen) atoms. The predicted molar refractivity (Wildman–Crippen MR) is 156 cm³/mol. The molecule has 0 aromatic carbocycles. The highest BCUT2D eigenvalue weighted by Crippen LogP contribution is 2.67. The first-order valence-corrected chi connectivity index (χ1v) is 16.6. The van der Waals surface area contributed by atoms with Crippen LogP contribution in [0, 0.1) is 40.4 Å². The molecule has 0 heterocycles. The van der Waals surface area contributed by atoms with Crippen molar-refractivity contribution in [1.29, 1.82) is 0 Å². The maximum atomic E-state index is 12.5. The number of unbranched alkanes of at least 4 members (excludes halogenated alkanes) is 7. The molecule has 4 rings (SSSR count). The van der Waals surface area contributed by atoms with E-state index in [0.29, 0.717) is 35.4 Å². The number of hydrogen-bond acceptors (Lipinski definition) is 3. The Balaban J connectivity index is 1.23. The Morgan fingerprint density at radius 2 is 1.61 bits per heavy atom. The Kier molecular flexibility index (Phi) is 10.4. The highest BCUT2D eigenvalue weighted by atomic mass is 16.3. The molecule has 0 bridgehead atoms. The number of fused-ring (bicyclic) bond motifs is 5. The van der Waals surface area contributed by atoms with E-state index in [-0.39, 0.29) is 11.5 Å². The lowest BCUT2D eigenvalue weighted by molar-refractivity contribution is -0.156. The molecule has 0 saturated heterocycles. The van der Waals surface area contributed by atoms with Crippen molar-refractivity contribution < 1.29 is 14.7 Å². The number of amides is 1. The fourth-order valence-corrected chi connectivity index (χ4v) is 9.77. The number of ketones is 1. The van der Waals surface area contributed by atoms with Gasteiger partial charge in [-0.15, -0.1) is 0 Å². The van der Waals surface area contributed by atoms with Crippen molar-refractivity contribution in [3.05, 3.63) is 0 Å². The van der Waals surface area contributed by atoms with E-state index in [1.54, 1.807) is 0 Å². The molecule has 4 nitrogen and oxygen atoms in total. The van der Waals surface area contributed by atoms with Crippen LogP contribution in [0.15, 0.2) is 0 Å². The Hall–Kier alpha value is -0.900. The number of hydrogen-bond donors (Lipinski definition) is 1. The first-order valence-electron chi connectivity index (χ1n) is 16.6. The van der Waals surface area contributed by atoms with Gasteiger partial charge in [0.25, 0.3) is 0 Å². The molecular weight excluding hydrogens is 470 g/mol. The van der Waals surface area contributed by atoms with Crippen LogP contribution < -0.4 is 0 Å². The number of Topliss-reactive ketones (excluding diaryl/α,β-unsaturated/α-hetero) is 1. The van der Waals surface area contributed by atoms with Crippen LogP contribution in [0.1, 0.15) is 143 Å². The highest BCUT2D eigenvalue weighted by molar-refractivity contribution is 5.79. The van der Waals surface area contributed by atoms with E-state index in [9.17, 15) is 14.7 Å². The predicted octanol–water partition coefficient (Wildman–Crippen LogP) is 7.95. The topological polar surface area (TPSA) is 57.6 Å². The lowest BCUT2D eigenvalue weighted by Crippen LogP contribution is -2.57. The van der Waals surface area contributed by atoms with Gasteiger partial charge in [-0.05, 0) is 91.8 Å². The van der Waals surface area contributed by atoms with E-state index in [1.807, 2.05) is 11.9 Å². The van der Waals surface area contributed by atoms with E-state index in [1.165, 1.54) is 70.6 Å². The molecule has 218 valence electrons. The van der Waals surface area contributed by atoms with Gasteiger partial charge in [0.1, 0.15) is 5.78 Å². The van der Waals surface area contributed by atoms with Gasteiger partial charge in [0.05, 0.1) is 6.10 Å². The van der Waals surface area contributed by atoms with E-state index in [0.717, 1.165) is 69.2 Å². The van der Waals surface area contributed by atoms with E-state index >= 15 is 0 Å². The average Bonchev–Trinajstić information content (AvgIpc) is 3.20. The number of aliphatic hydroxyl groups is 1. The lowest BCUT2D eigenvalue weighted by atomic mass is 9.42. The summed E-state index contributed by atoms with van der Waals surface area (Å²) >= 11 is 0. The third-order valence-electron chi connectivity index (χ3n) is 12.3. The summed E-state index contributed by atoms with van der Waals surface area (Å²) in [5, 5.41) is 11.0. The maximum Gasteiger partial charge on any atom is 0.222 e. The molecular formula is C34H59NO3. The molecule has 4 aliphatic rings. The zero-order valence-corrected chi connectivity index (χ0v) is 25.3. The highest BCUT2D eigenvalue weighted by Gasteiger charge is 2.62. The summed E-state index contributed by atoms with van der Waals surface area (Å²) in [4.78, 5) is 26.6. The Morgan fingerprint density at radius 3 is 2.34 bits per heavy atom. The Bertz CT molecular complexity index is 797. The first-order chi connectivity index (χ1) is 18.2. The van der Waals surface area contributed by atoms with Gasteiger partial charge in [0, 0.05) is 32.9 Å². The van der Waals surface area contributed by atoms with Crippen LogP contribution in [0.4, 0.5) is 0 Å². The third-order valence-corrected chi connectivity index (χ3v) is 12.3. The average molecular weight is 530 g/mol. The van der Waals surface area contributed by atoms with Crippen molar-refractivity contribution in [2.24, 2.45) is 40.4 Å². The van der Waals surface area contributed by atoms with Crippen LogP contribution in [0.2, 0.25) is 0 Å². The summed E-state index contributed by atoms with van der Waals surface area (Å²) in [5.41, 5.74) is 0.468. The van der Waals surface area contributed by atoms with Crippen LogP contribution >= 0.6 is 0 Å². The summed E-state index contributed by atoms with van der Waals surface area (Å²) in [5.74, 6) is 4.36. The normalized spacial score (nSPS) is 38.4. The third kappa shape index (κ3) is 6.36. The van der Waals surface area contributed by atoms with Crippen LogP contribution in [-0.2, 0) is 9.59 Å². The number of rotatable bonds is 13. The molecule has 0 aromatic rings. The fraction of sp³-hybridized carbons (Fsp3) is 0.941. The molecule has 1 N–H and O–H groups in total. The second kappa shape index (κ2) is 13.2. The fourth-order valence-electron chi connectivity index (χ4n) is 9.77. The van der Waals surface area contributed by atoms with Gasteiger partial charge < -0.3 is 10.0 Å². The van der Waals surface area contributed by atoms with Gasteiger partial charge in [-0.3, -0.25) is 9.59 Å². The van der Waals surface area contributed by atoms with Crippen LogP contribution in [0.5, 0.6) is 0 Å². The van der Waals surface area contributed by atoms with E-state index in [4.69, 9.17) is 0 Å². The van der Waals surface area contributed by atoms with E-state index in [2.05, 4.69) is 20.8 Å². The summed E-state index contributed by atoms with van der Waals surface area (Å²) < 4.78 is 0. The smallest absolute Gasteiger partial charge is 0.222 e. The van der Waals surface area contributed by atoms with Crippen LogP contribution in [0.25, 0.3) is 0 Å². The Morgan fingerprint density at radius 1 is 0.921 bits per heavy atom. The minimum atomic E-state index is -0.111. The molecule has 4 saturated carbocycles. The zero-order chi connectivity index (χ0) is 27.3. The molecule has 0 radical (unpaired) electrons. The Labute approximate surface area is 234 Å². The minimum absolute atomic E-state index is 0.111. The molecule has 0 unspecified atom stereocenters. The van der Waals surface area contributed by atoms with Crippen molar-refractivity contribution in [3.8, 4) is 0 Å². The van der Waals surface area contributed by atoms with Gasteiger partial charge in [0.2, 0.25) is 5.91 Å². The van der Waals surface area contributed by atoms with Crippen molar-refractivity contribution in [2.75, 3.05) is 13.6 Å². The molecule has 0 spiro atoms. The monoisotopic (exact) mass is 529 g/mol. The van der Waals surface area contributed by atoms with Crippen molar-refractivity contribution in [3.63, 3.8) is 0 Å². The number of carbonyl (C=O) groups is 2. The molecule has 1 amide bonds. The molecule has 0 aliphatic heterocycles. The largest absolute Gasteiger partial charge is 0.393 e. The second-order valence-electron chi connectivity index (χ2n) is 14.6. The quantitative estimate of drug-likeness (QED) is 0.246. The van der Waals surface area contributed by atoms with Crippen molar-refractivity contribution in [1.82, 2.24) is 4.90 Å². The number of nitrogens with zero attached hydrogens (tertiary/aromatic N) is 1. The molecule has 8 atom stereocenters. The molecule has 4 heteroatoms. The van der Waals surface area contributed by atoms with E-state index < -0.39 is 0 Å². The van der Waals surface area contributed by atoms with Gasteiger partial charge in [0.15, 0.2) is 0 Å².